The molecule has 5 nitrogen and oxygen atoms in total. The summed E-state index contributed by atoms with van der Waals surface area (Å²) < 4.78 is 1.32. The minimum absolute atomic E-state index is 0.0181. The molecule has 0 N–H and O–H groups in total. The van der Waals surface area contributed by atoms with E-state index in [0.717, 1.165) is 17.4 Å². The molecule has 5 heteroatoms. The molecular weight excluding hydrogens is 338 g/mol. The topological polar surface area (TPSA) is 55.2 Å². The second kappa shape index (κ2) is 8.16. The van der Waals surface area contributed by atoms with Gasteiger partial charge in [-0.15, -0.1) is 0 Å². The first-order valence-corrected chi connectivity index (χ1v) is 9.29. The molecule has 1 heterocycles. The number of aryl methyl sites for hydroxylation is 1. The van der Waals surface area contributed by atoms with E-state index in [0.29, 0.717) is 17.6 Å². The summed E-state index contributed by atoms with van der Waals surface area (Å²) in [5.41, 5.74) is 1.59. The largest absolute Gasteiger partial charge is 0.335 e. The zero-order valence-corrected chi connectivity index (χ0v) is 16.1. The summed E-state index contributed by atoms with van der Waals surface area (Å²) in [6.07, 6.45) is 1.05. The molecule has 0 radical (unpaired) electrons. The van der Waals surface area contributed by atoms with Crippen molar-refractivity contribution in [3.05, 3.63) is 76.2 Å². The Hall–Kier alpha value is -2.95. The molecule has 0 aliphatic heterocycles. The van der Waals surface area contributed by atoms with E-state index in [4.69, 9.17) is 0 Å². The Morgan fingerprint density at radius 2 is 1.70 bits per heavy atom. The van der Waals surface area contributed by atoms with Gasteiger partial charge in [0.1, 0.15) is 0 Å². The molecule has 1 atom stereocenters. The number of carbonyl (C=O) groups is 1. The van der Waals surface area contributed by atoms with Gasteiger partial charge in [0.05, 0.1) is 17.5 Å². The number of hydrogen-bond donors (Lipinski definition) is 0. The third-order valence-corrected chi connectivity index (χ3v) is 4.99. The van der Waals surface area contributed by atoms with Crippen molar-refractivity contribution in [1.82, 2.24) is 14.7 Å². The molecule has 0 aliphatic carbocycles. The van der Waals surface area contributed by atoms with Gasteiger partial charge < -0.3 is 4.90 Å². The fourth-order valence-electron chi connectivity index (χ4n) is 3.24. The van der Waals surface area contributed by atoms with Crippen LogP contribution < -0.4 is 5.56 Å². The fraction of sp³-hybridized carbons (Fsp3) is 0.318. The van der Waals surface area contributed by atoms with E-state index in [9.17, 15) is 9.59 Å². The first-order valence-electron chi connectivity index (χ1n) is 9.29. The standard InChI is InChI=1S/C22H25N3O2/c1-4-16(2)25(15-17-10-6-5-7-11-17)21(26)14-20-18-12-8-9-13-19(18)22(27)24(3)23-20/h5-13,16H,4,14-15H2,1-3H3. The molecule has 1 aromatic heterocycles. The summed E-state index contributed by atoms with van der Waals surface area (Å²) in [7, 11) is 1.62. The molecule has 0 saturated heterocycles. The number of benzene rings is 2. The van der Waals surface area contributed by atoms with Gasteiger partial charge in [-0.2, -0.15) is 5.10 Å². The van der Waals surface area contributed by atoms with Crippen LogP contribution in [0.2, 0.25) is 0 Å². The van der Waals surface area contributed by atoms with E-state index < -0.39 is 0 Å². The Bertz CT molecular complexity index is 995. The monoisotopic (exact) mass is 363 g/mol. The highest BCUT2D eigenvalue weighted by Crippen LogP contribution is 2.17. The highest BCUT2D eigenvalue weighted by atomic mass is 16.2. The number of hydrogen-bond acceptors (Lipinski definition) is 3. The highest BCUT2D eigenvalue weighted by molar-refractivity contribution is 5.88. The van der Waals surface area contributed by atoms with Gasteiger partial charge >= 0.3 is 0 Å². The quantitative estimate of drug-likeness (QED) is 0.675. The molecule has 27 heavy (non-hydrogen) atoms. The van der Waals surface area contributed by atoms with Crippen molar-refractivity contribution in [2.45, 2.75) is 39.3 Å². The molecule has 0 bridgehead atoms. The molecular formula is C22H25N3O2. The number of amides is 1. The van der Waals surface area contributed by atoms with Gasteiger partial charge in [-0.3, -0.25) is 9.59 Å². The molecule has 0 fully saturated rings. The van der Waals surface area contributed by atoms with Crippen LogP contribution in [0.15, 0.2) is 59.4 Å². The molecule has 140 valence electrons. The van der Waals surface area contributed by atoms with Gasteiger partial charge in [0.2, 0.25) is 5.91 Å². The predicted octanol–water partition coefficient (Wildman–Crippen LogP) is 3.30. The molecule has 0 spiro atoms. The summed E-state index contributed by atoms with van der Waals surface area (Å²) in [5.74, 6) is 0.0181. The van der Waals surface area contributed by atoms with Crippen molar-refractivity contribution in [1.29, 1.82) is 0 Å². The Labute approximate surface area is 159 Å². The van der Waals surface area contributed by atoms with Crippen LogP contribution >= 0.6 is 0 Å². The van der Waals surface area contributed by atoms with Gasteiger partial charge in [0.25, 0.3) is 5.56 Å². The van der Waals surface area contributed by atoms with Crippen molar-refractivity contribution in [2.24, 2.45) is 7.05 Å². The zero-order chi connectivity index (χ0) is 19.4. The molecule has 2 aromatic carbocycles. The number of fused-ring (bicyclic) bond motifs is 1. The van der Waals surface area contributed by atoms with Crippen LogP contribution in [0.5, 0.6) is 0 Å². The van der Waals surface area contributed by atoms with Gasteiger partial charge in [-0.25, -0.2) is 4.68 Å². The van der Waals surface area contributed by atoms with Crippen LogP contribution in [0.3, 0.4) is 0 Å². The Kier molecular flexibility index (Phi) is 5.69. The summed E-state index contributed by atoms with van der Waals surface area (Å²) in [4.78, 5) is 27.4. The third kappa shape index (κ3) is 4.08. The van der Waals surface area contributed by atoms with Crippen molar-refractivity contribution < 1.29 is 4.79 Å². The van der Waals surface area contributed by atoms with Crippen LogP contribution in [-0.4, -0.2) is 26.6 Å². The maximum atomic E-state index is 13.2. The predicted molar refractivity (Wildman–Crippen MR) is 107 cm³/mol. The van der Waals surface area contributed by atoms with E-state index in [2.05, 4.69) is 18.9 Å². The Balaban J connectivity index is 1.93. The number of rotatable bonds is 6. The van der Waals surface area contributed by atoms with Gasteiger partial charge in [0.15, 0.2) is 0 Å². The maximum Gasteiger partial charge on any atom is 0.274 e. The lowest BCUT2D eigenvalue weighted by Crippen LogP contribution is -2.39. The SMILES string of the molecule is CCC(C)N(Cc1ccccc1)C(=O)Cc1nn(C)c(=O)c2ccccc12. The molecule has 0 saturated carbocycles. The van der Waals surface area contributed by atoms with Crippen LogP contribution in [0.4, 0.5) is 0 Å². The summed E-state index contributed by atoms with van der Waals surface area (Å²) >= 11 is 0. The van der Waals surface area contributed by atoms with Gasteiger partial charge in [-0.05, 0) is 25.0 Å². The number of nitrogens with zero attached hydrogens (tertiary/aromatic N) is 3. The van der Waals surface area contributed by atoms with Crippen LogP contribution in [0.1, 0.15) is 31.5 Å². The van der Waals surface area contributed by atoms with Gasteiger partial charge in [-0.1, -0.05) is 55.5 Å². The fourth-order valence-corrected chi connectivity index (χ4v) is 3.24. The first kappa shape index (κ1) is 18.8. The van der Waals surface area contributed by atoms with E-state index >= 15 is 0 Å². The smallest absolute Gasteiger partial charge is 0.274 e. The molecule has 3 aromatic rings. The molecule has 1 unspecified atom stereocenters. The Morgan fingerprint density at radius 3 is 2.37 bits per heavy atom. The minimum atomic E-state index is -0.148. The van der Waals surface area contributed by atoms with E-state index in [1.807, 2.05) is 53.4 Å². The lowest BCUT2D eigenvalue weighted by molar-refractivity contribution is -0.133. The van der Waals surface area contributed by atoms with E-state index in [1.165, 1.54) is 4.68 Å². The summed E-state index contributed by atoms with van der Waals surface area (Å²) in [5, 5.41) is 5.71. The summed E-state index contributed by atoms with van der Waals surface area (Å²) in [6, 6.07) is 17.5. The van der Waals surface area contributed by atoms with Crippen LogP contribution in [-0.2, 0) is 24.8 Å². The average Bonchev–Trinajstić information content (AvgIpc) is 2.70. The molecule has 1 amide bonds. The second-order valence-corrected chi connectivity index (χ2v) is 6.86. The third-order valence-electron chi connectivity index (χ3n) is 4.99. The van der Waals surface area contributed by atoms with Gasteiger partial charge in [0, 0.05) is 25.0 Å². The number of carbonyl (C=O) groups excluding carboxylic acids is 1. The number of aromatic nitrogens is 2. The molecule has 3 rings (SSSR count). The van der Waals surface area contributed by atoms with E-state index in [1.54, 1.807) is 13.1 Å². The average molecular weight is 363 g/mol. The van der Waals surface area contributed by atoms with Crippen LogP contribution in [0.25, 0.3) is 10.8 Å². The maximum absolute atomic E-state index is 13.2. The molecule has 0 aliphatic rings. The second-order valence-electron chi connectivity index (χ2n) is 6.86. The Morgan fingerprint density at radius 1 is 1.07 bits per heavy atom. The highest BCUT2D eigenvalue weighted by Gasteiger charge is 2.21. The van der Waals surface area contributed by atoms with Crippen LogP contribution in [0, 0.1) is 0 Å². The zero-order valence-electron chi connectivity index (χ0n) is 16.1. The van der Waals surface area contributed by atoms with E-state index in [-0.39, 0.29) is 23.9 Å². The van der Waals surface area contributed by atoms with Crippen molar-refractivity contribution >= 4 is 16.7 Å². The summed E-state index contributed by atoms with van der Waals surface area (Å²) in [6.45, 7) is 4.71. The van der Waals surface area contributed by atoms with Crippen molar-refractivity contribution in [3.63, 3.8) is 0 Å². The van der Waals surface area contributed by atoms with Crippen molar-refractivity contribution in [3.8, 4) is 0 Å². The minimum Gasteiger partial charge on any atom is -0.335 e. The lowest BCUT2D eigenvalue weighted by atomic mass is 10.1. The first-order chi connectivity index (χ1) is 13.0. The normalized spacial score (nSPS) is 12.1. The lowest BCUT2D eigenvalue weighted by Gasteiger charge is -2.29. The van der Waals surface area contributed by atoms with Crippen molar-refractivity contribution in [2.75, 3.05) is 0 Å².